The SMILES string of the molecule is Cc1cc(F)cc(-c2ccnc3[nH]c(-c4[nH]nc5ncc(-c6cncc(NC(=O)C(C)C)c6)cc45)cc23)c1. The molecule has 6 aromatic rings. The number of hydrogen-bond acceptors (Lipinski definition) is 5. The fourth-order valence-corrected chi connectivity index (χ4v) is 4.52. The van der Waals surface area contributed by atoms with Crippen molar-refractivity contribution in [1.29, 1.82) is 0 Å². The summed E-state index contributed by atoms with van der Waals surface area (Å²) >= 11 is 0. The predicted octanol–water partition coefficient (Wildman–Crippen LogP) is 6.27. The fourth-order valence-electron chi connectivity index (χ4n) is 4.52. The van der Waals surface area contributed by atoms with Crippen LogP contribution in [-0.2, 0) is 4.79 Å². The molecule has 0 saturated heterocycles. The summed E-state index contributed by atoms with van der Waals surface area (Å²) in [5, 5.41) is 12.0. The lowest BCUT2D eigenvalue weighted by Crippen LogP contribution is -2.17. The third kappa shape index (κ3) is 4.28. The molecule has 0 saturated carbocycles. The van der Waals surface area contributed by atoms with Crippen molar-refractivity contribution in [2.45, 2.75) is 20.8 Å². The molecule has 0 aliphatic carbocycles. The van der Waals surface area contributed by atoms with E-state index in [9.17, 15) is 9.18 Å². The maximum absolute atomic E-state index is 14.1. The van der Waals surface area contributed by atoms with Crippen molar-refractivity contribution in [1.82, 2.24) is 30.1 Å². The molecule has 9 heteroatoms. The summed E-state index contributed by atoms with van der Waals surface area (Å²) in [6.45, 7) is 5.55. The summed E-state index contributed by atoms with van der Waals surface area (Å²) in [5.74, 6) is -0.488. The van der Waals surface area contributed by atoms with Crippen LogP contribution >= 0.6 is 0 Å². The number of nitrogens with one attached hydrogen (secondary N) is 3. The number of aromatic amines is 2. The lowest BCUT2D eigenvalue weighted by atomic mass is 10.0. The molecule has 0 unspecified atom stereocenters. The van der Waals surface area contributed by atoms with Crippen molar-refractivity contribution in [2.24, 2.45) is 5.92 Å². The summed E-state index contributed by atoms with van der Waals surface area (Å²) in [7, 11) is 0. The number of rotatable bonds is 5. The topological polar surface area (TPSA) is 112 Å². The van der Waals surface area contributed by atoms with Crippen molar-refractivity contribution in [3.05, 3.63) is 78.6 Å². The van der Waals surface area contributed by atoms with Crippen LogP contribution in [0, 0.1) is 18.7 Å². The molecule has 38 heavy (non-hydrogen) atoms. The van der Waals surface area contributed by atoms with Crippen LogP contribution in [-0.4, -0.2) is 36.0 Å². The molecule has 5 heterocycles. The van der Waals surface area contributed by atoms with Gasteiger partial charge in [-0.3, -0.25) is 14.9 Å². The highest BCUT2D eigenvalue weighted by Crippen LogP contribution is 2.34. The second-order valence-corrected chi connectivity index (χ2v) is 9.62. The first kappa shape index (κ1) is 23.5. The van der Waals surface area contributed by atoms with Crippen LogP contribution in [0.2, 0.25) is 0 Å². The van der Waals surface area contributed by atoms with Gasteiger partial charge < -0.3 is 10.3 Å². The van der Waals surface area contributed by atoms with E-state index in [1.165, 1.54) is 12.1 Å². The van der Waals surface area contributed by atoms with Crippen molar-refractivity contribution in [3.8, 4) is 33.6 Å². The molecule has 5 aromatic heterocycles. The molecule has 1 aromatic carbocycles. The number of benzene rings is 1. The summed E-state index contributed by atoms with van der Waals surface area (Å²) in [6, 6.07) is 12.7. The zero-order valence-corrected chi connectivity index (χ0v) is 21.0. The van der Waals surface area contributed by atoms with E-state index < -0.39 is 0 Å². The van der Waals surface area contributed by atoms with E-state index in [-0.39, 0.29) is 17.6 Å². The molecule has 8 nitrogen and oxygen atoms in total. The molecule has 0 bridgehead atoms. The molecule has 3 N–H and O–H groups in total. The van der Waals surface area contributed by atoms with Crippen LogP contribution in [0.5, 0.6) is 0 Å². The Morgan fingerprint density at radius 2 is 1.79 bits per heavy atom. The number of fused-ring (bicyclic) bond motifs is 2. The average Bonchev–Trinajstić information content (AvgIpc) is 3.51. The van der Waals surface area contributed by atoms with Gasteiger partial charge in [0.2, 0.25) is 5.91 Å². The maximum atomic E-state index is 14.1. The number of pyridine rings is 3. The highest BCUT2D eigenvalue weighted by atomic mass is 19.1. The van der Waals surface area contributed by atoms with E-state index >= 15 is 0 Å². The van der Waals surface area contributed by atoms with E-state index in [1.807, 2.05) is 51.1 Å². The van der Waals surface area contributed by atoms with Gasteiger partial charge in [-0.15, -0.1) is 0 Å². The number of H-pyrrole nitrogens is 2. The summed E-state index contributed by atoms with van der Waals surface area (Å²) in [4.78, 5) is 28.8. The Bertz CT molecular complexity index is 1820. The first-order chi connectivity index (χ1) is 18.4. The number of carbonyl (C=O) groups is 1. The molecule has 0 aliphatic rings. The molecule has 0 atom stereocenters. The number of anilines is 1. The molecule has 1 amide bonds. The molecular weight excluding hydrogens is 481 g/mol. The smallest absolute Gasteiger partial charge is 0.226 e. The maximum Gasteiger partial charge on any atom is 0.226 e. The number of aryl methyl sites for hydroxylation is 1. The highest BCUT2D eigenvalue weighted by Gasteiger charge is 2.16. The standard InChI is InChI=1S/C29H24FN7O/c1-15(2)29(38)34-21-9-18(12-31-14-21)19-10-24-26(36-37-28(24)33-13-19)25-11-23-22(4-5-32-27(23)35-25)17-6-16(3)7-20(30)8-17/h4-15H,1-3H3,(H,32,35)(H,34,38)(H,33,36,37). The largest absolute Gasteiger partial charge is 0.338 e. The summed E-state index contributed by atoms with van der Waals surface area (Å²) in [6.07, 6.45) is 6.79. The molecular formula is C29H24FN7O. The first-order valence-electron chi connectivity index (χ1n) is 12.2. The number of hydrogen-bond donors (Lipinski definition) is 3. The quantitative estimate of drug-likeness (QED) is 0.256. The second kappa shape index (κ2) is 9.19. The van der Waals surface area contributed by atoms with Crippen LogP contribution in [0.15, 0.2) is 67.3 Å². The summed E-state index contributed by atoms with van der Waals surface area (Å²) < 4.78 is 14.1. The third-order valence-corrected chi connectivity index (χ3v) is 6.43. The van der Waals surface area contributed by atoms with Gasteiger partial charge in [0.1, 0.15) is 11.5 Å². The van der Waals surface area contributed by atoms with E-state index in [4.69, 9.17) is 0 Å². The fraction of sp³-hybridized carbons (Fsp3) is 0.138. The molecule has 0 aliphatic heterocycles. The molecule has 0 fully saturated rings. The van der Waals surface area contributed by atoms with Crippen molar-refractivity contribution in [3.63, 3.8) is 0 Å². The van der Waals surface area contributed by atoms with E-state index in [2.05, 4.69) is 35.5 Å². The van der Waals surface area contributed by atoms with E-state index in [1.54, 1.807) is 24.8 Å². The van der Waals surface area contributed by atoms with Gasteiger partial charge >= 0.3 is 0 Å². The molecule has 0 spiro atoms. The average molecular weight is 506 g/mol. The zero-order valence-electron chi connectivity index (χ0n) is 21.0. The number of nitrogens with zero attached hydrogens (tertiary/aromatic N) is 4. The zero-order chi connectivity index (χ0) is 26.4. The van der Waals surface area contributed by atoms with Gasteiger partial charge in [-0.05, 0) is 60.0 Å². The molecule has 6 rings (SSSR count). The Morgan fingerprint density at radius 1 is 0.947 bits per heavy atom. The van der Waals surface area contributed by atoms with Gasteiger partial charge in [-0.25, -0.2) is 14.4 Å². The first-order valence-corrected chi connectivity index (χ1v) is 12.2. The van der Waals surface area contributed by atoms with E-state index in [0.29, 0.717) is 17.0 Å². The number of carbonyl (C=O) groups excluding carboxylic acids is 1. The van der Waals surface area contributed by atoms with Crippen LogP contribution in [0.3, 0.4) is 0 Å². The van der Waals surface area contributed by atoms with Gasteiger partial charge in [-0.1, -0.05) is 19.9 Å². The minimum absolute atomic E-state index is 0.0742. The van der Waals surface area contributed by atoms with Crippen LogP contribution < -0.4 is 5.32 Å². The molecule has 188 valence electrons. The summed E-state index contributed by atoms with van der Waals surface area (Å²) in [5.41, 5.74) is 7.57. The minimum Gasteiger partial charge on any atom is -0.338 e. The van der Waals surface area contributed by atoms with Crippen molar-refractivity contribution >= 4 is 33.7 Å². The van der Waals surface area contributed by atoms with Crippen molar-refractivity contribution in [2.75, 3.05) is 5.32 Å². The van der Waals surface area contributed by atoms with Crippen LogP contribution in [0.25, 0.3) is 55.7 Å². The van der Waals surface area contributed by atoms with Gasteiger partial charge in [0.05, 0.1) is 23.3 Å². The van der Waals surface area contributed by atoms with Gasteiger partial charge in [0.25, 0.3) is 0 Å². The number of halogens is 1. The van der Waals surface area contributed by atoms with E-state index in [0.717, 1.165) is 50.0 Å². The Morgan fingerprint density at radius 3 is 2.61 bits per heavy atom. The number of aromatic nitrogens is 6. The lowest BCUT2D eigenvalue weighted by Gasteiger charge is -2.09. The van der Waals surface area contributed by atoms with Crippen LogP contribution in [0.1, 0.15) is 19.4 Å². The van der Waals surface area contributed by atoms with Gasteiger partial charge in [-0.2, -0.15) is 5.10 Å². The third-order valence-electron chi connectivity index (χ3n) is 6.43. The van der Waals surface area contributed by atoms with Gasteiger partial charge in [0.15, 0.2) is 5.65 Å². The molecule has 0 radical (unpaired) electrons. The predicted molar refractivity (Wildman–Crippen MR) is 146 cm³/mol. The monoisotopic (exact) mass is 505 g/mol. The Hall–Kier alpha value is -4.92. The normalized spacial score (nSPS) is 11.5. The Kier molecular flexibility index (Phi) is 5.68. The number of amides is 1. The lowest BCUT2D eigenvalue weighted by molar-refractivity contribution is -0.118. The van der Waals surface area contributed by atoms with Gasteiger partial charge in [0, 0.05) is 46.4 Å². The van der Waals surface area contributed by atoms with Crippen LogP contribution in [0.4, 0.5) is 10.1 Å². The Labute approximate surface area is 217 Å². The second-order valence-electron chi connectivity index (χ2n) is 9.62. The highest BCUT2D eigenvalue weighted by molar-refractivity contribution is 6.00. The Balaban J connectivity index is 1.42. The van der Waals surface area contributed by atoms with Crippen molar-refractivity contribution < 1.29 is 9.18 Å². The minimum atomic E-state index is -0.277.